The highest BCUT2D eigenvalue weighted by Gasteiger charge is 2.36. The van der Waals surface area contributed by atoms with Crippen LogP contribution in [0, 0.1) is 11.3 Å². The third kappa shape index (κ3) is 2.43. The molecule has 0 radical (unpaired) electrons. The maximum absolute atomic E-state index is 12.7. The summed E-state index contributed by atoms with van der Waals surface area (Å²) < 4.78 is 11.1. The second-order valence-corrected chi connectivity index (χ2v) is 6.56. The zero-order valence-corrected chi connectivity index (χ0v) is 14.6. The molecule has 4 rings (SSSR count). The minimum atomic E-state index is -0.837. The molecule has 3 aromatic rings. The van der Waals surface area contributed by atoms with E-state index in [1.807, 2.05) is 6.07 Å². The van der Waals surface area contributed by atoms with Crippen LogP contribution in [-0.4, -0.2) is 0 Å². The van der Waals surface area contributed by atoms with Crippen LogP contribution in [0.1, 0.15) is 17.0 Å². The predicted molar refractivity (Wildman–Crippen MR) is 98.2 cm³/mol. The minimum Gasteiger partial charge on any atom is -0.439 e. The van der Waals surface area contributed by atoms with Crippen molar-refractivity contribution in [2.75, 3.05) is 0 Å². The maximum atomic E-state index is 12.7. The molecule has 2 heterocycles. The van der Waals surface area contributed by atoms with E-state index in [1.54, 1.807) is 42.5 Å². The summed E-state index contributed by atoms with van der Waals surface area (Å²) in [4.78, 5) is 12.7. The van der Waals surface area contributed by atoms with Crippen LogP contribution in [0.2, 0.25) is 10.0 Å². The monoisotopic (exact) mass is 384 g/mol. The van der Waals surface area contributed by atoms with Crippen LogP contribution in [0.5, 0.6) is 5.75 Å². The van der Waals surface area contributed by atoms with Gasteiger partial charge in [0.25, 0.3) is 0 Å². The van der Waals surface area contributed by atoms with E-state index >= 15 is 0 Å². The second kappa shape index (κ2) is 6.10. The van der Waals surface area contributed by atoms with Crippen molar-refractivity contribution < 1.29 is 9.15 Å². The Morgan fingerprint density at radius 2 is 1.92 bits per heavy atom. The molecular weight excluding hydrogens is 375 g/mol. The summed E-state index contributed by atoms with van der Waals surface area (Å²) in [6, 6.07) is 13.8. The number of para-hydroxylation sites is 1. The standard InChI is InChI=1S/C19H10Cl2N2O3/c20-9-5-6-13(21)11(7-9)15-12(8-22)18(23)26-17-10-3-1-2-4-14(10)25-19(24)16(15)17/h1-7,15H,23H2. The van der Waals surface area contributed by atoms with Crippen molar-refractivity contribution in [3.8, 4) is 11.8 Å². The average molecular weight is 385 g/mol. The van der Waals surface area contributed by atoms with Crippen LogP contribution >= 0.6 is 23.2 Å². The van der Waals surface area contributed by atoms with Crippen molar-refractivity contribution in [3.63, 3.8) is 0 Å². The normalized spacial score (nSPS) is 16.1. The molecule has 0 amide bonds. The summed E-state index contributed by atoms with van der Waals surface area (Å²) in [5.41, 5.74) is 6.44. The van der Waals surface area contributed by atoms with Gasteiger partial charge in [0, 0.05) is 10.0 Å². The molecule has 0 fully saturated rings. The third-order valence-corrected chi connectivity index (χ3v) is 4.82. The van der Waals surface area contributed by atoms with Crippen LogP contribution in [0.15, 0.2) is 63.1 Å². The Morgan fingerprint density at radius 1 is 1.15 bits per heavy atom. The van der Waals surface area contributed by atoms with Gasteiger partial charge in [-0.25, -0.2) is 4.79 Å². The van der Waals surface area contributed by atoms with Gasteiger partial charge in [-0.15, -0.1) is 0 Å². The van der Waals surface area contributed by atoms with Crippen molar-refractivity contribution >= 4 is 34.2 Å². The smallest absolute Gasteiger partial charge is 0.344 e. The molecule has 0 saturated carbocycles. The summed E-state index contributed by atoms with van der Waals surface area (Å²) in [5.74, 6) is -0.665. The Bertz CT molecular complexity index is 1190. The van der Waals surface area contributed by atoms with Gasteiger partial charge in [0.15, 0.2) is 5.75 Å². The van der Waals surface area contributed by atoms with E-state index in [4.69, 9.17) is 38.1 Å². The summed E-state index contributed by atoms with van der Waals surface area (Å²) in [6.45, 7) is 0. The van der Waals surface area contributed by atoms with E-state index in [-0.39, 0.29) is 22.8 Å². The molecule has 1 aliphatic heterocycles. The van der Waals surface area contributed by atoms with Crippen molar-refractivity contribution in [3.05, 3.63) is 85.5 Å². The Kier molecular flexibility index (Phi) is 3.87. The van der Waals surface area contributed by atoms with Crippen LogP contribution < -0.4 is 16.1 Å². The van der Waals surface area contributed by atoms with Gasteiger partial charge < -0.3 is 14.9 Å². The molecule has 2 aromatic carbocycles. The summed E-state index contributed by atoms with van der Waals surface area (Å²) in [7, 11) is 0. The van der Waals surface area contributed by atoms with Crippen molar-refractivity contribution in [1.29, 1.82) is 5.26 Å². The fraction of sp³-hybridized carbons (Fsp3) is 0.0526. The largest absolute Gasteiger partial charge is 0.439 e. The number of nitriles is 1. The zero-order chi connectivity index (χ0) is 18.4. The maximum Gasteiger partial charge on any atom is 0.344 e. The Labute approximate surface area is 157 Å². The van der Waals surface area contributed by atoms with Crippen LogP contribution in [0.3, 0.4) is 0 Å². The first-order valence-corrected chi connectivity index (χ1v) is 8.35. The molecule has 0 bridgehead atoms. The third-order valence-electron chi connectivity index (χ3n) is 4.24. The lowest BCUT2D eigenvalue weighted by Gasteiger charge is -2.26. The van der Waals surface area contributed by atoms with Gasteiger partial charge in [-0.1, -0.05) is 35.3 Å². The topological polar surface area (TPSA) is 89.3 Å². The molecule has 2 N–H and O–H groups in total. The van der Waals surface area contributed by atoms with Crippen LogP contribution in [0.4, 0.5) is 0 Å². The van der Waals surface area contributed by atoms with E-state index in [2.05, 4.69) is 0 Å². The lowest BCUT2D eigenvalue weighted by atomic mass is 9.84. The number of hydrogen-bond acceptors (Lipinski definition) is 5. The highest BCUT2D eigenvalue weighted by molar-refractivity contribution is 6.33. The number of rotatable bonds is 1. The van der Waals surface area contributed by atoms with Gasteiger partial charge in [0.05, 0.1) is 16.9 Å². The van der Waals surface area contributed by atoms with Gasteiger partial charge in [0.1, 0.15) is 17.2 Å². The summed E-state index contributed by atoms with van der Waals surface area (Å²) >= 11 is 12.4. The van der Waals surface area contributed by atoms with Gasteiger partial charge in [-0.05, 0) is 35.9 Å². The first-order chi connectivity index (χ1) is 12.5. The number of benzene rings is 2. The van der Waals surface area contributed by atoms with Gasteiger partial charge >= 0.3 is 5.63 Å². The van der Waals surface area contributed by atoms with E-state index in [1.165, 1.54) is 0 Å². The van der Waals surface area contributed by atoms with Gasteiger partial charge in [-0.3, -0.25) is 0 Å². The average Bonchev–Trinajstić information content (AvgIpc) is 2.63. The van der Waals surface area contributed by atoms with E-state index in [0.29, 0.717) is 26.6 Å². The van der Waals surface area contributed by atoms with Crippen molar-refractivity contribution in [2.45, 2.75) is 5.92 Å². The molecule has 1 unspecified atom stereocenters. The van der Waals surface area contributed by atoms with Crippen LogP contribution in [-0.2, 0) is 0 Å². The Hall–Kier alpha value is -2.94. The first kappa shape index (κ1) is 16.5. The lowest BCUT2D eigenvalue weighted by molar-refractivity contribution is 0.388. The minimum absolute atomic E-state index is 0.0734. The molecule has 0 aliphatic carbocycles. The number of nitrogens with two attached hydrogens (primary N) is 1. The molecule has 26 heavy (non-hydrogen) atoms. The van der Waals surface area contributed by atoms with E-state index < -0.39 is 11.5 Å². The number of ether oxygens (including phenoxy) is 1. The number of nitrogens with zero attached hydrogens (tertiary/aromatic N) is 1. The highest BCUT2D eigenvalue weighted by atomic mass is 35.5. The molecule has 0 saturated heterocycles. The highest BCUT2D eigenvalue weighted by Crippen LogP contribution is 2.45. The molecular formula is C19H10Cl2N2O3. The number of halogens is 2. The fourth-order valence-corrected chi connectivity index (χ4v) is 3.52. The molecule has 7 heteroatoms. The van der Waals surface area contributed by atoms with Gasteiger partial charge in [0.2, 0.25) is 5.88 Å². The molecule has 5 nitrogen and oxygen atoms in total. The van der Waals surface area contributed by atoms with Crippen molar-refractivity contribution in [2.24, 2.45) is 5.73 Å². The first-order valence-electron chi connectivity index (χ1n) is 7.59. The van der Waals surface area contributed by atoms with E-state index in [9.17, 15) is 10.1 Å². The van der Waals surface area contributed by atoms with Gasteiger partial charge in [-0.2, -0.15) is 5.26 Å². The molecule has 1 aliphatic rings. The van der Waals surface area contributed by atoms with Crippen molar-refractivity contribution in [1.82, 2.24) is 0 Å². The Morgan fingerprint density at radius 3 is 2.69 bits per heavy atom. The van der Waals surface area contributed by atoms with Crippen LogP contribution in [0.25, 0.3) is 11.0 Å². The second-order valence-electron chi connectivity index (χ2n) is 5.72. The molecule has 1 aromatic heterocycles. The number of allylic oxidation sites excluding steroid dienone is 1. The molecule has 128 valence electrons. The predicted octanol–water partition coefficient (Wildman–Crippen LogP) is 4.32. The molecule has 1 atom stereocenters. The Balaban J connectivity index is 2.12. The quantitative estimate of drug-likeness (QED) is 0.631. The van der Waals surface area contributed by atoms with E-state index in [0.717, 1.165) is 0 Å². The number of fused-ring (bicyclic) bond motifs is 3. The summed E-state index contributed by atoms with van der Waals surface area (Å²) in [5, 5.41) is 10.9. The SMILES string of the molecule is N#CC1=C(N)Oc2c(c(=O)oc3ccccc23)C1c1cc(Cl)ccc1Cl. The molecule has 0 spiro atoms. The summed E-state index contributed by atoms with van der Waals surface area (Å²) in [6.07, 6.45) is 0. The lowest BCUT2D eigenvalue weighted by Crippen LogP contribution is -2.26. The zero-order valence-electron chi connectivity index (χ0n) is 13.1. The number of hydrogen-bond donors (Lipinski definition) is 1. The fourth-order valence-electron chi connectivity index (χ4n) is 3.11.